The first-order valence-electron chi connectivity index (χ1n) is 10.3. The lowest BCUT2D eigenvalue weighted by atomic mass is 10.1. The van der Waals surface area contributed by atoms with Gasteiger partial charge in [0.1, 0.15) is 0 Å². The number of aromatic nitrogens is 5. The summed E-state index contributed by atoms with van der Waals surface area (Å²) in [6, 6.07) is 1.15. The summed E-state index contributed by atoms with van der Waals surface area (Å²) in [5, 5.41) is 8.48. The Morgan fingerprint density at radius 1 is 1.07 bits per heavy atom. The third-order valence-electron chi connectivity index (χ3n) is 5.62. The minimum Gasteiger partial charge on any atom is -0.332 e. The molecule has 27 heavy (non-hydrogen) atoms. The van der Waals surface area contributed by atoms with Crippen LogP contribution in [0, 0.1) is 5.92 Å². The van der Waals surface area contributed by atoms with Gasteiger partial charge >= 0.3 is 0 Å². The Morgan fingerprint density at radius 2 is 1.78 bits per heavy atom. The van der Waals surface area contributed by atoms with Crippen molar-refractivity contribution in [3.63, 3.8) is 0 Å². The average Bonchev–Trinajstić information content (AvgIpc) is 3.17. The molecule has 0 radical (unpaired) electrons. The first-order chi connectivity index (χ1) is 13.1. The molecule has 7 heteroatoms. The van der Waals surface area contributed by atoms with Gasteiger partial charge in [-0.05, 0) is 50.6 Å². The number of nitrogens with zero attached hydrogens (tertiary/aromatic N) is 7. The maximum atomic E-state index is 4.69. The van der Waals surface area contributed by atoms with Crippen molar-refractivity contribution >= 4 is 5.95 Å². The lowest BCUT2D eigenvalue weighted by molar-refractivity contribution is 0.262. The topological polar surface area (TPSA) is 63.0 Å². The summed E-state index contributed by atoms with van der Waals surface area (Å²) in [4.78, 5) is 14.3. The molecule has 2 atom stereocenters. The van der Waals surface area contributed by atoms with Gasteiger partial charge in [0.25, 0.3) is 0 Å². The molecule has 0 N–H and O–H groups in total. The van der Waals surface area contributed by atoms with Gasteiger partial charge < -0.3 is 9.80 Å². The van der Waals surface area contributed by atoms with Gasteiger partial charge in [0.05, 0.1) is 5.69 Å². The van der Waals surface area contributed by atoms with Crippen LogP contribution in [0.15, 0.2) is 18.6 Å². The van der Waals surface area contributed by atoms with Gasteiger partial charge in [0.2, 0.25) is 5.95 Å². The van der Waals surface area contributed by atoms with E-state index >= 15 is 0 Å². The molecule has 4 heterocycles. The van der Waals surface area contributed by atoms with Gasteiger partial charge in [-0.25, -0.2) is 9.97 Å². The monoisotopic (exact) mass is 369 g/mol. The van der Waals surface area contributed by atoms with Crippen molar-refractivity contribution < 1.29 is 0 Å². The number of rotatable bonds is 7. The number of fused-ring (bicyclic) bond motifs is 2. The van der Waals surface area contributed by atoms with Crippen LogP contribution in [0.3, 0.4) is 0 Å². The lowest BCUT2D eigenvalue weighted by Gasteiger charge is -2.39. The summed E-state index contributed by atoms with van der Waals surface area (Å²) < 4.78 is 1.95. The van der Waals surface area contributed by atoms with Crippen LogP contribution in [0.4, 0.5) is 5.95 Å². The minimum atomic E-state index is 0.577. The molecule has 2 saturated heterocycles. The van der Waals surface area contributed by atoms with Crippen molar-refractivity contribution in [1.29, 1.82) is 0 Å². The van der Waals surface area contributed by atoms with E-state index in [1.54, 1.807) is 0 Å². The third kappa shape index (κ3) is 4.29. The fourth-order valence-corrected chi connectivity index (χ4v) is 4.44. The second kappa shape index (κ2) is 7.92. The highest BCUT2D eigenvalue weighted by atomic mass is 15.4. The SMILES string of the molecule is CC(C)Cn1cc(CCCc2cnc(N3C4CCC3CN(C)C4)nc2)nn1. The highest BCUT2D eigenvalue weighted by Gasteiger charge is 2.39. The summed E-state index contributed by atoms with van der Waals surface area (Å²) in [5.74, 6) is 1.50. The number of anilines is 1. The molecule has 2 aliphatic rings. The minimum absolute atomic E-state index is 0.577. The summed E-state index contributed by atoms with van der Waals surface area (Å²) in [6.07, 6.45) is 11.6. The molecule has 2 aliphatic heterocycles. The molecule has 0 aromatic carbocycles. The van der Waals surface area contributed by atoms with Gasteiger partial charge in [-0.3, -0.25) is 4.68 Å². The largest absolute Gasteiger partial charge is 0.332 e. The van der Waals surface area contributed by atoms with Crippen molar-refractivity contribution in [2.24, 2.45) is 5.92 Å². The Hall–Kier alpha value is -2.02. The van der Waals surface area contributed by atoms with E-state index < -0.39 is 0 Å². The van der Waals surface area contributed by atoms with E-state index in [2.05, 4.69) is 47.2 Å². The highest BCUT2D eigenvalue weighted by Crippen LogP contribution is 2.32. The maximum Gasteiger partial charge on any atom is 0.225 e. The highest BCUT2D eigenvalue weighted by molar-refractivity contribution is 5.37. The van der Waals surface area contributed by atoms with Crippen LogP contribution in [0.25, 0.3) is 0 Å². The van der Waals surface area contributed by atoms with Gasteiger partial charge in [-0.15, -0.1) is 5.10 Å². The number of aryl methyl sites for hydroxylation is 2. The number of hydrogen-bond donors (Lipinski definition) is 0. The normalized spacial score (nSPS) is 22.7. The van der Waals surface area contributed by atoms with Crippen molar-refractivity contribution in [1.82, 2.24) is 29.9 Å². The molecule has 7 nitrogen and oxygen atoms in total. The van der Waals surface area contributed by atoms with Crippen LogP contribution >= 0.6 is 0 Å². The predicted molar refractivity (Wildman–Crippen MR) is 106 cm³/mol. The van der Waals surface area contributed by atoms with E-state index in [1.165, 1.54) is 18.4 Å². The molecule has 0 spiro atoms. The maximum absolute atomic E-state index is 4.69. The van der Waals surface area contributed by atoms with E-state index in [0.717, 1.165) is 50.5 Å². The van der Waals surface area contributed by atoms with Crippen LogP contribution in [0.2, 0.25) is 0 Å². The van der Waals surface area contributed by atoms with Gasteiger partial charge in [-0.1, -0.05) is 19.1 Å². The predicted octanol–water partition coefficient (Wildman–Crippen LogP) is 2.18. The fraction of sp³-hybridized carbons (Fsp3) is 0.700. The molecular weight excluding hydrogens is 338 g/mol. The Balaban J connectivity index is 1.29. The van der Waals surface area contributed by atoms with Crippen LogP contribution in [0.5, 0.6) is 0 Å². The second-order valence-corrected chi connectivity index (χ2v) is 8.58. The quantitative estimate of drug-likeness (QED) is 0.745. The van der Waals surface area contributed by atoms with E-state index in [1.807, 2.05) is 17.1 Å². The fourth-order valence-electron chi connectivity index (χ4n) is 4.44. The van der Waals surface area contributed by atoms with Gasteiger partial charge in [0.15, 0.2) is 0 Å². The van der Waals surface area contributed by atoms with Crippen molar-refractivity contribution in [3.05, 3.63) is 29.8 Å². The number of hydrogen-bond acceptors (Lipinski definition) is 6. The molecule has 2 unspecified atom stereocenters. The number of likely N-dealkylation sites (N-methyl/N-ethyl adjacent to an activating group) is 1. The molecule has 4 rings (SSSR count). The van der Waals surface area contributed by atoms with E-state index in [9.17, 15) is 0 Å². The van der Waals surface area contributed by atoms with Gasteiger partial charge in [0, 0.05) is 50.3 Å². The zero-order valence-electron chi connectivity index (χ0n) is 16.8. The standard InChI is InChI=1S/C20H31N7/c1-15(2)11-26-12-17(23-24-26)6-4-5-16-9-21-20(22-10-16)27-18-7-8-19(27)14-25(3)13-18/h9-10,12,15,18-19H,4-8,11,13-14H2,1-3H3. The third-order valence-corrected chi connectivity index (χ3v) is 5.62. The van der Waals surface area contributed by atoms with Crippen molar-refractivity contribution in [3.8, 4) is 0 Å². The van der Waals surface area contributed by atoms with Crippen molar-refractivity contribution in [2.75, 3.05) is 25.0 Å². The van der Waals surface area contributed by atoms with Crippen LogP contribution in [0.1, 0.15) is 44.4 Å². The zero-order chi connectivity index (χ0) is 18.8. The van der Waals surface area contributed by atoms with E-state index in [4.69, 9.17) is 9.97 Å². The smallest absolute Gasteiger partial charge is 0.225 e. The van der Waals surface area contributed by atoms with Crippen molar-refractivity contribution in [2.45, 2.75) is 64.6 Å². The second-order valence-electron chi connectivity index (χ2n) is 8.58. The molecule has 146 valence electrons. The van der Waals surface area contributed by atoms with Gasteiger partial charge in [-0.2, -0.15) is 0 Å². The van der Waals surface area contributed by atoms with Crippen LogP contribution in [-0.4, -0.2) is 62.1 Å². The molecular formula is C20H31N7. The first-order valence-corrected chi connectivity index (χ1v) is 10.3. The van der Waals surface area contributed by atoms with E-state index in [0.29, 0.717) is 18.0 Å². The Labute approximate surface area is 161 Å². The average molecular weight is 370 g/mol. The molecule has 2 fully saturated rings. The summed E-state index contributed by atoms with van der Waals surface area (Å²) in [6.45, 7) is 7.56. The molecule has 0 amide bonds. The molecule has 2 aromatic rings. The van der Waals surface area contributed by atoms with Crippen LogP contribution in [-0.2, 0) is 19.4 Å². The lowest BCUT2D eigenvalue weighted by Crippen LogP contribution is -2.53. The Morgan fingerprint density at radius 3 is 2.44 bits per heavy atom. The number of likely N-dealkylation sites (tertiary alicyclic amines) is 1. The Bertz CT molecular complexity index is 725. The summed E-state index contributed by atoms with van der Waals surface area (Å²) >= 11 is 0. The zero-order valence-corrected chi connectivity index (χ0v) is 16.8. The molecule has 0 saturated carbocycles. The molecule has 0 aliphatic carbocycles. The number of piperazine rings is 1. The molecule has 2 bridgehead atoms. The summed E-state index contributed by atoms with van der Waals surface area (Å²) in [7, 11) is 2.22. The molecule has 2 aromatic heterocycles. The van der Waals surface area contributed by atoms with E-state index in [-0.39, 0.29) is 0 Å². The summed E-state index contributed by atoms with van der Waals surface area (Å²) in [5.41, 5.74) is 2.27. The Kier molecular flexibility index (Phi) is 5.38. The van der Waals surface area contributed by atoms with Crippen LogP contribution < -0.4 is 4.90 Å². The first kappa shape index (κ1) is 18.3.